The Morgan fingerprint density at radius 1 is 1.41 bits per heavy atom. The summed E-state index contributed by atoms with van der Waals surface area (Å²) in [5, 5.41) is -0.102. The molecule has 0 heterocycles. The topological polar surface area (TPSA) is 29.5 Å². The van der Waals surface area contributed by atoms with E-state index in [4.69, 9.17) is 16.3 Å². The summed E-state index contributed by atoms with van der Waals surface area (Å²) in [6, 6.07) is 0. The number of alkyl halides is 1. The van der Waals surface area contributed by atoms with Crippen LogP contribution in [0.25, 0.3) is 0 Å². The minimum Gasteiger partial charge on any atom is -0.383 e. The third-order valence-corrected chi connectivity index (χ3v) is 4.40. The van der Waals surface area contributed by atoms with Crippen molar-refractivity contribution < 1.29 is 9.53 Å². The van der Waals surface area contributed by atoms with E-state index in [1.807, 2.05) is 7.05 Å². The Hall–Kier alpha value is -0.280. The molecule has 0 aromatic heterocycles. The standard InChI is InChI=1S/C13H22ClNO2/c1-15(7-9(14)8-17-2)13(16)12-10-5-3-4-6-11(10)12/h9-12H,3-8H2,1-2H3. The largest absolute Gasteiger partial charge is 0.383 e. The number of carbonyl (C=O) groups is 1. The van der Waals surface area contributed by atoms with E-state index >= 15 is 0 Å². The normalized spacial score (nSPS) is 32.8. The Balaban J connectivity index is 1.80. The van der Waals surface area contributed by atoms with Crippen LogP contribution in [0, 0.1) is 17.8 Å². The molecule has 0 aromatic carbocycles. The average molecular weight is 260 g/mol. The van der Waals surface area contributed by atoms with E-state index in [0.717, 1.165) is 0 Å². The Kier molecular flexibility index (Phi) is 4.31. The minimum atomic E-state index is -0.102. The van der Waals surface area contributed by atoms with Gasteiger partial charge in [0.05, 0.1) is 12.0 Å². The lowest BCUT2D eigenvalue weighted by Crippen LogP contribution is -2.35. The van der Waals surface area contributed by atoms with Crippen molar-refractivity contribution in [2.75, 3.05) is 27.3 Å². The van der Waals surface area contributed by atoms with Crippen LogP contribution < -0.4 is 0 Å². The monoisotopic (exact) mass is 259 g/mol. The fraction of sp³-hybridized carbons (Fsp3) is 0.923. The molecule has 0 saturated heterocycles. The summed E-state index contributed by atoms with van der Waals surface area (Å²) in [7, 11) is 3.49. The van der Waals surface area contributed by atoms with Crippen LogP contribution in [-0.2, 0) is 9.53 Å². The van der Waals surface area contributed by atoms with Gasteiger partial charge in [-0.15, -0.1) is 11.6 Å². The van der Waals surface area contributed by atoms with Crippen molar-refractivity contribution in [2.24, 2.45) is 17.8 Å². The third-order valence-electron chi connectivity index (χ3n) is 4.14. The van der Waals surface area contributed by atoms with Crippen LogP contribution in [0.4, 0.5) is 0 Å². The smallest absolute Gasteiger partial charge is 0.226 e. The molecule has 0 aliphatic heterocycles. The number of fused-ring (bicyclic) bond motifs is 1. The summed E-state index contributed by atoms with van der Waals surface area (Å²) in [5.41, 5.74) is 0. The molecule has 3 unspecified atom stereocenters. The van der Waals surface area contributed by atoms with E-state index in [9.17, 15) is 4.79 Å². The summed E-state index contributed by atoms with van der Waals surface area (Å²) in [4.78, 5) is 14.0. The zero-order valence-electron chi connectivity index (χ0n) is 10.7. The van der Waals surface area contributed by atoms with Crippen molar-refractivity contribution >= 4 is 17.5 Å². The molecule has 2 aliphatic rings. The summed E-state index contributed by atoms with van der Waals surface area (Å²) < 4.78 is 4.99. The molecule has 0 N–H and O–H groups in total. The molecule has 2 aliphatic carbocycles. The van der Waals surface area contributed by atoms with Crippen molar-refractivity contribution in [3.63, 3.8) is 0 Å². The van der Waals surface area contributed by atoms with Gasteiger partial charge in [0.15, 0.2) is 0 Å². The zero-order valence-corrected chi connectivity index (χ0v) is 11.4. The van der Waals surface area contributed by atoms with Crippen LogP contribution in [0.1, 0.15) is 25.7 Å². The lowest BCUT2D eigenvalue weighted by atomic mass is 10.0. The first kappa shape index (κ1) is 13.2. The SMILES string of the molecule is COCC(Cl)CN(C)C(=O)C1C2CCCCC21. The fourth-order valence-corrected chi connectivity index (χ4v) is 3.57. The maximum atomic E-state index is 12.2. The van der Waals surface area contributed by atoms with E-state index in [1.54, 1.807) is 12.0 Å². The molecule has 1 amide bonds. The fourth-order valence-electron chi connectivity index (χ4n) is 3.23. The number of carbonyl (C=O) groups excluding carboxylic acids is 1. The average Bonchev–Trinajstić information content (AvgIpc) is 3.02. The molecule has 0 spiro atoms. The molecule has 17 heavy (non-hydrogen) atoms. The minimum absolute atomic E-state index is 0.102. The van der Waals surface area contributed by atoms with Gasteiger partial charge < -0.3 is 9.64 Å². The summed E-state index contributed by atoms with van der Waals surface area (Å²) >= 11 is 6.08. The summed E-state index contributed by atoms with van der Waals surface area (Å²) in [5.74, 6) is 1.95. The van der Waals surface area contributed by atoms with Gasteiger partial charge in [-0.2, -0.15) is 0 Å². The van der Waals surface area contributed by atoms with Crippen molar-refractivity contribution in [1.82, 2.24) is 4.90 Å². The lowest BCUT2D eigenvalue weighted by molar-refractivity contribution is -0.132. The van der Waals surface area contributed by atoms with E-state index in [1.165, 1.54) is 25.7 Å². The van der Waals surface area contributed by atoms with Crippen LogP contribution >= 0.6 is 11.6 Å². The molecule has 3 atom stereocenters. The maximum absolute atomic E-state index is 12.2. The number of hydrogen-bond donors (Lipinski definition) is 0. The Labute approximate surface area is 108 Å². The van der Waals surface area contributed by atoms with Crippen LogP contribution in [0.15, 0.2) is 0 Å². The number of hydrogen-bond acceptors (Lipinski definition) is 2. The van der Waals surface area contributed by atoms with Crippen molar-refractivity contribution in [2.45, 2.75) is 31.1 Å². The summed E-state index contributed by atoms with van der Waals surface area (Å²) in [6.07, 6.45) is 5.10. The van der Waals surface area contributed by atoms with E-state index in [0.29, 0.717) is 36.8 Å². The zero-order chi connectivity index (χ0) is 12.4. The van der Waals surface area contributed by atoms with E-state index in [2.05, 4.69) is 0 Å². The van der Waals surface area contributed by atoms with Gasteiger partial charge in [0, 0.05) is 26.6 Å². The molecule has 0 aromatic rings. The number of nitrogens with zero attached hydrogens (tertiary/aromatic N) is 1. The molecule has 2 rings (SSSR count). The van der Waals surface area contributed by atoms with E-state index in [-0.39, 0.29) is 5.38 Å². The third kappa shape index (κ3) is 2.94. The van der Waals surface area contributed by atoms with Gasteiger partial charge in [-0.05, 0) is 24.7 Å². The molecular formula is C13H22ClNO2. The first-order valence-electron chi connectivity index (χ1n) is 6.53. The predicted molar refractivity (Wildman–Crippen MR) is 68.1 cm³/mol. The molecule has 98 valence electrons. The Morgan fingerprint density at radius 3 is 2.53 bits per heavy atom. The molecule has 2 fully saturated rings. The Bertz CT molecular complexity index is 273. The molecular weight excluding hydrogens is 238 g/mol. The lowest BCUT2D eigenvalue weighted by Gasteiger charge is -2.20. The van der Waals surface area contributed by atoms with E-state index < -0.39 is 0 Å². The second-order valence-corrected chi connectivity index (χ2v) is 6.03. The second kappa shape index (κ2) is 5.57. The van der Waals surface area contributed by atoms with Crippen molar-refractivity contribution in [3.05, 3.63) is 0 Å². The number of ether oxygens (including phenoxy) is 1. The highest BCUT2D eigenvalue weighted by Crippen LogP contribution is 2.55. The number of rotatable bonds is 5. The first-order chi connectivity index (χ1) is 8.15. The van der Waals surface area contributed by atoms with Gasteiger partial charge >= 0.3 is 0 Å². The highest BCUT2D eigenvalue weighted by Gasteiger charge is 2.55. The van der Waals surface area contributed by atoms with Crippen molar-refractivity contribution in [3.8, 4) is 0 Å². The van der Waals surface area contributed by atoms with Crippen LogP contribution in [0.3, 0.4) is 0 Å². The molecule has 4 heteroatoms. The quantitative estimate of drug-likeness (QED) is 0.708. The number of methoxy groups -OCH3 is 1. The van der Waals surface area contributed by atoms with Gasteiger partial charge in [0.2, 0.25) is 5.91 Å². The maximum Gasteiger partial charge on any atom is 0.226 e. The van der Waals surface area contributed by atoms with Gasteiger partial charge in [-0.1, -0.05) is 12.8 Å². The molecule has 0 radical (unpaired) electrons. The van der Waals surface area contributed by atoms with Crippen LogP contribution in [0.2, 0.25) is 0 Å². The van der Waals surface area contributed by atoms with Crippen LogP contribution in [-0.4, -0.2) is 43.5 Å². The van der Waals surface area contributed by atoms with Gasteiger partial charge in [0.1, 0.15) is 0 Å². The highest BCUT2D eigenvalue weighted by molar-refractivity contribution is 6.21. The molecule has 3 nitrogen and oxygen atoms in total. The first-order valence-corrected chi connectivity index (χ1v) is 6.96. The predicted octanol–water partition coefficient (Wildman–Crippen LogP) is 2.13. The number of halogens is 1. The highest BCUT2D eigenvalue weighted by atomic mass is 35.5. The number of amides is 1. The van der Waals surface area contributed by atoms with Gasteiger partial charge in [0.25, 0.3) is 0 Å². The van der Waals surface area contributed by atoms with Gasteiger partial charge in [-0.3, -0.25) is 4.79 Å². The molecule has 0 bridgehead atoms. The second-order valence-electron chi connectivity index (χ2n) is 5.41. The van der Waals surface area contributed by atoms with Gasteiger partial charge in [-0.25, -0.2) is 0 Å². The molecule has 2 saturated carbocycles. The summed E-state index contributed by atoms with van der Waals surface area (Å²) in [6.45, 7) is 1.08. The Morgan fingerprint density at radius 2 is 2.00 bits per heavy atom. The van der Waals surface area contributed by atoms with Crippen LogP contribution in [0.5, 0.6) is 0 Å². The van der Waals surface area contributed by atoms with Crippen molar-refractivity contribution in [1.29, 1.82) is 0 Å².